The second-order valence-corrected chi connectivity index (χ2v) is 6.40. The first-order valence-corrected chi connectivity index (χ1v) is 9.40. The van der Waals surface area contributed by atoms with E-state index in [1.54, 1.807) is 36.4 Å². The van der Waals surface area contributed by atoms with E-state index < -0.39 is 30.2 Å². The van der Waals surface area contributed by atoms with Crippen LogP contribution in [-0.2, 0) is 0 Å². The first-order chi connectivity index (χ1) is 13.4. The van der Waals surface area contributed by atoms with Gasteiger partial charge in [0.05, 0.1) is 30.2 Å². The molecule has 0 saturated carbocycles. The van der Waals surface area contributed by atoms with Gasteiger partial charge >= 0.3 is 0 Å². The Morgan fingerprint density at radius 1 is 1.07 bits per heavy atom. The summed E-state index contributed by atoms with van der Waals surface area (Å²) in [5.41, 5.74) is 0.783. The number of benzene rings is 1. The van der Waals surface area contributed by atoms with E-state index in [0.717, 1.165) is 17.3 Å². The molecule has 1 aromatic heterocycles. The van der Waals surface area contributed by atoms with Crippen LogP contribution >= 0.6 is 15.9 Å². The molecule has 0 atom stereocenters. The fourth-order valence-electron chi connectivity index (χ4n) is 2.77. The molecule has 0 aliphatic carbocycles. The van der Waals surface area contributed by atoms with Crippen LogP contribution < -0.4 is 0 Å². The monoisotopic (exact) mass is 454 g/mol. The van der Waals surface area contributed by atoms with Crippen molar-refractivity contribution >= 4 is 27.2 Å². The minimum atomic E-state index is -2.73. The van der Waals surface area contributed by atoms with E-state index in [-0.39, 0.29) is 11.4 Å². The fourth-order valence-corrected chi connectivity index (χ4v) is 3.22. The smallest absolute Gasteiger partial charge is 0.256 e. The Kier molecular flexibility index (Phi) is 7.57. The number of rotatable bonds is 4. The number of nitrogens with zero attached hydrogens (tertiary/aromatic N) is 2. The summed E-state index contributed by atoms with van der Waals surface area (Å²) in [6.45, 7) is 7.02. The van der Waals surface area contributed by atoms with Gasteiger partial charge in [0.2, 0.25) is 0 Å². The third-order valence-corrected chi connectivity index (χ3v) is 4.58. The molecule has 0 radical (unpaired) electrons. The number of allylic oxidation sites excluding steroid dienone is 3. The number of alkyl halides is 2. The number of hydrogen-bond donors (Lipinski definition) is 0. The molecular weight excluding hydrogens is 436 g/mol. The topological polar surface area (TPSA) is 16.1 Å². The van der Waals surface area contributed by atoms with Crippen LogP contribution in [0.1, 0.15) is 25.0 Å². The SMILES string of the molecule is C=C1C(Br)=CC(c2ccccc2)=C(c2c(F)cncc2F)N1CC(F)F.CC. The van der Waals surface area contributed by atoms with Crippen LogP contribution in [0.25, 0.3) is 11.3 Å². The van der Waals surface area contributed by atoms with Crippen molar-refractivity contribution < 1.29 is 17.6 Å². The predicted octanol–water partition coefficient (Wildman–Crippen LogP) is 6.63. The molecule has 2 nitrogen and oxygen atoms in total. The van der Waals surface area contributed by atoms with Crippen molar-refractivity contribution in [2.45, 2.75) is 20.3 Å². The highest BCUT2D eigenvalue weighted by Gasteiger charge is 2.31. The van der Waals surface area contributed by atoms with E-state index in [0.29, 0.717) is 15.6 Å². The predicted molar refractivity (Wildman–Crippen MR) is 108 cm³/mol. The molecule has 0 amide bonds. The van der Waals surface area contributed by atoms with E-state index in [1.165, 1.54) is 0 Å². The lowest BCUT2D eigenvalue weighted by Gasteiger charge is -2.34. The van der Waals surface area contributed by atoms with Crippen molar-refractivity contribution in [1.29, 1.82) is 0 Å². The Morgan fingerprint density at radius 2 is 1.64 bits per heavy atom. The molecule has 1 aliphatic heterocycles. The van der Waals surface area contributed by atoms with Gasteiger partial charge < -0.3 is 4.90 Å². The van der Waals surface area contributed by atoms with Gasteiger partial charge in [-0.2, -0.15) is 0 Å². The average Bonchev–Trinajstić information content (AvgIpc) is 2.68. The van der Waals surface area contributed by atoms with Gasteiger partial charge in [-0.15, -0.1) is 0 Å². The van der Waals surface area contributed by atoms with Crippen LogP contribution in [0, 0.1) is 11.6 Å². The largest absolute Gasteiger partial charge is 0.334 e. The van der Waals surface area contributed by atoms with Crippen LogP contribution in [0.4, 0.5) is 17.6 Å². The third-order valence-electron chi connectivity index (χ3n) is 3.89. The van der Waals surface area contributed by atoms with E-state index in [2.05, 4.69) is 27.5 Å². The quantitative estimate of drug-likeness (QED) is 0.482. The van der Waals surface area contributed by atoms with Crippen molar-refractivity contribution in [2.24, 2.45) is 0 Å². The zero-order chi connectivity index (χ0) is 20.8. The summed E-state index contributed by atoms with van der Waals surface area (Å²) in [6.07, 6.45) is 0.592. The van der Waals surface area contributed by atoms with E-state index in [1.807, 2.05) is 13.8 Å². The van der Waals surface area contributed by atoms with E-state index in [4.69, 9.17) is 0 Å². The second-order valence-electron chi connectivity index (χ2n) is 5.55. The highest BCUT2D eigenvalue weighted by Crippen LogP contribution is 2.42. The summed E-state index contributed by atoms with van der Waals surface area (Å²) in [5, 5.41) is 0. The minimum absolute atomic E-state index is 0.0119. The molecule has 0 spiro atoms. The molecule has 0 fully saturated rings. The molecule has 7 heteroatoms. The molecule has 1 aliphatic rings. The Labute approximate surface area is 170 Å². The summed E-state index contributed by atoms with van der Waals surface area (Å²) in [5.74, 6) is -1.88. The van der Waals surface area contributed by atoms with Gasteiger partial charge in [-0.25, -0.2) is 17.6 Å². The number of hydrogen-bond acceptors (Lipinski definition) is 2. The fraction of sp³-hybridized carbons (Fsp3) is 0.190. The second kappa shape index (κ2) is 9.68. The van der Waals surface area contributed by atoms with Crippen molar-refractivity contribution in [2.75, 3.05) is 6.54 Å². The van der Waals surface area contributed by atoms with Crippen LogP contribution in [-0.4, -0.2) is 22.9 Å². The highest BCUT2D eigenvalue weighted by atomic mass is 79.9. The molecule has 3 rings (SSSR count). The van der Waals surface area contributed by atoms with Gasteiger partial charge in [-0.1, -0.05) is 50.8 Å². The van der Waals surface area contributed by atoms with Gasteiger partial charge in [0, 0.05) is 15.8 Å². The van der Waals surface area contributed by atoms with E-state index >= 15 is 0 Å². The number of halogens is 5. The summed E-state index contributed by atoms with van der Waals surface area (Å²) in [7, 11) is 0. The van der Waals surface area contributed by atoms with Crippen LogP contribution in [0.2, 0.25) is 0 Å². The summed E-state index contributed by atoms with van der Waals surface area (Å²) >= 11 is 3.30. The van der Waals surface area contributed by atoms with Crippen molar-refractivity contribution in [3.05, 3.63) is 88.3 Å². The Morgan fingerprint density at radius 3 is 2.18 bits per heavy atom. The molecule has 0 N–H and O–H groups in total. The maximum atomic E-state index is 14.4. The molecule has 2 heterocycles. The zero-order valence-electron chi connectivity index (χ0n) is 15.4. The first-order valence-electron chi connectivity index (χ1n) is 8.61. The third kappa shape index (κ3) is 4.52. The maximum absolute atomic E-state index is 14.4. The number of aromatic nitrogens is 1. The lowest BCUT2D eigenvalue weighted by atomic mass is 9.94. The summed E-state index contributed by atoms with van der Waals surface area (Å²) in [4.78, 5) is 4.59. The molecule has 0 bridgehead atoms. The lowest BCUT2D eigenvalue weighted by Crippen LogP contribution is -2.30. The summed E-state index contributed by atoms with van der Waals surface area (Å²) in [6, 6.07) is 8.76. The van der Waals surface area contributed by atoms with Gasteiger partial charge in [-0.3, -0.25) is 4.98 Å². The van der Waals surface area contributed by atoms with Crippen molar-refractivity contribution in [3.8, 4) is 0 Å². The Balaban J connectivity index is 0.00000136. The van der Waals surface area contributed by atoms with Gasteiger partial charge in [-0.05, 0) is 27.6 Å². The standard InChI is InChI=1S/C19H13BrF4N2.C2H6/c1-11-14(20)7-13(12-5-3-2-4-6-12)19(26(11)10-17(23)24)18-15(21)8-25-9-16(18)22;1-2/h2-9,17H,1,10H2;1-2H3. The normalized spacial score (nSPS) is 14.1. The molecule has 28 heavy (non-hydrogen) atoms. The lowest BCUT2D eigenvalue weighted by molar-refractivity contribution is 0.123. The first kappa shape index (κ1) is 21.9. The summed E-state index contributed by atoms with van der Waals surface area (Å²) < 4.78 is 55.7. The Bertz CT molecular complexity index is 888. The van der Waals surface area contributed by atoms with Crippen LogP contribution in [0.15, 0.2) is 65.6 Å². The van der Waals surface area contributed by atoms with E-state index in [9.17, 15) is 17.6 Å². The van der Waals surface area contributed by atoms with Crippen molar-refractivity contribution in [1.82, 2.24) is 9.88 Å². The minimum Gasteiger partial charge on any atom is -0.334 e. The average molecular weight is 455 g/mol. The maximum Gasteiger partial charge on any atom is 0.256 e. The van der Waals surface area contributed by atoms with Crippen LogP contribution in [0.3, 0.4) is 0 Å². The molecular formula is C21H19BrF4N2. The van der Waals surface area contributed by atoms with Crippen molar-refractivity contribution in [3.63, 3.8) is 0 Å². The van der Waals surface area contributed by atoms with Gasteiger partial charge in [0.1, 0.15) is 0 Å². The highest BCUT2D eigenvalue weighted by molar-refractivity contribution is 9.12. The van der Waals surface area contributed by atoms with Crippen LogP contribution in [0.5, 0.6) is 0 Å². The molecule has 148 valence electrons. The Hall–Kier alpha value is -2.41. The molecule has 1 aromatic carbocycles. The molecule has 0 unspecified atom stereocenters. The van der Waals surface area contributed by atoms with Gasteiger partial charge in [0.25, 0.3) is 6.43 Å². The number of pyridine rings is 1. The van der Waals surface area contributed by atoms with Gasteiger partial charge in [0.15, 0.2) is 11.6 Å². The zero-order valence-corrected chi connectivity index (χ0v) is 17.0. The molecule has 0 saturated heterocycles. The molecule has 2 aromatic rings.